The minimum Gasteiger partial charge on any atom is -0.357 e. The fourth-order valence-electron chi connectivity index (χ4n) is 1.99. The number of imidazole rings is 1. The number of guanidine groups is 1. The summed E-state index contributed by atoms with van der Waals surface area (Å²) in [5.74, 6) is 3.28. The van der Waals surface area contributed by atoms with Crippen molar-refractivity contribution in [3.05, 3.63) is 54.1 Å². The lowest BCUT2D eigenvalue weighted by molar-refractivity contribution is 0.796. The highest BCUT2D eigenvalue weighted by Gasteiger charge is 1.98. The van der Waals surface area contributed by atoms with Crippen molar-refractivity contribution in [2.75, 3.05) is 13.1 Å². The Balaban J connectivity index is 1.93. The Hall–Kier alpha value is -2.74. The van der Waals surface area contributed by atoms with Crippen LogP contribution in [0.15, 0.2) is 48.0 Å². The monoisotopic (exact) mass is 295 g/mol. The van der Waals surface area contributed by atoms with Gasteiger partial charge in [0.15, 0.2) is 5.96 Å². The number of benzene rings is 1. The smallest absolute Gasteiger partial charge is 0.192 e. The molecule has 0 atom stereocenters. The van der Waals surface area contributed by atoms with Crippen LogP contribution in [0.3, 0.4) is 0 Å². The van der Waals surface area contributed by atoms with Crippen LogP contribution in [0.5, 0.6) is 0 Å². The van der Waals surface area contributed by atoms with E-state index >= 15 is 0 Å². The molecule has 0 fully saturated rings. The highest BCUT2D eigenvalue weighted by molar-refractivity contribution is 5.79. The van der Waals surface area contributed by atoms with Crippen molar-refractivity contribution in [3.63, 3.8) is 0 Å². The van der Waals surface area contributed by atoms with Gasteiger partial charge in [-0.25, -0.2) is 9.98 Å². The summed E-state index contributed by atoms with van der Waals surface area (Å²) < 4.78 is 2.04. The van der Waals surface area contributed by atoms with Gasteiger partial charge in [-0.3, -0.25) is 0 Å². The highest BCUT2D eigenvalue weighted by Crippen LogP contribution is 2.07. The van der Waals surface area contributed by atoms with Crippen LogP contribution in [0.1, 0.15) is 18.1 Å². The third-order valence-corrected chi connectivity index (χ3v) is 3.07. The van der Waals surface area contributed by atoms with E-state index in [0.717, 1.165) is 24.6 Å². The van der Waals surface area contributed by atoms with Gasteiger partial charge in [-0.15, -0.1) is 6.42 Å². The normalized spacial score (nSPS) is 11.0. The molecule has 22 heavy (non-hydrogen) atoms. The molecule has 1 aromatic carbocycles. The number of nitrogens with one attached hydrogen (secondary N) is 2. The number of rotatable bonds is 6. The van der Waals surface area contributed by atoms with Gasteiger partial charge in [-0.2, -0.15) is 0 Å². The van der Waals surface area contributed by atoms with E-state index in [-0.39, 0.29) is 0 Å². The van der Waals surface area contributed by atoms with Crippen molar-refractivity contribution in [1.29, 1.82) is 0 Å². The van der Waals surface area contributed by atoms with Crippen molar-refractivity contribution in [1.82, 2.24) is 20.2 Å². The van der Waals surface area contributed by atoms with Crippen LogP contribution in [-0.4, -0.2) is 28.6 Å². The summed E-state index contributed by atoms with van der Waals surface area (Å²) in [4.78, 5) is 8.55. The Morgan fingerprint density at radius 3 is 2.68 bits per heavy atom. The average molecular weight is 295 g/mol. The summed E-state index contributed by atoms with van der Waals surface area (Å²) in [7, 11) is 0. The molecule has 5 nitrogen and oxygen atoms in total. The number of aliphatic imine (C=N–C) groups is 1. The van der Waals surface area contributed by atoms with Crippen LogP contribution in [-0.2, 0) is 13.1 Å². The summed E-state index contributed by atoms with van der Waals surface area (Å²) in [6.45, 7) is 4.75. The first-order valence-corrected chi connectivity index (χ1v) is 7.31. The summed E-state index contributed by atoms with van der Waals surface area (Å²) >= 11 is 0. The molecule has 0 saturated heterocycles. The third kappa shape index (κ3) is 4.98. The Morgan fingerprint density at radius 1 is 1.27 bits per heavy atom. The molecule has 114 valence electrons. The highest BCUT2D eigenvalue weighted by atomic mass is 15.2. The predicted octanol–water partition coefficient (Wildman–Crippen LogP) is 1.62. The van der Waals surface area contributed by atoms with Gasteiger partial charge in [0, 0.05) is 25.5 Å². The Bertz CT molecular complexity index is 620. The Kier molecular flexibility index (Phi) is 6.06. The topological polar surface area (TPSA) is 54.2 Å². The van der Waals surface area contributed by atoms with Gasteiger partial charge in [0.2, 0.25) is 0 Å². The van der Waals surface area contributed by atoms with E-state index in [1.54, 1.807) is 6.20 Å². The number of hydrogen-bond donors (Lipinski definition) is 2. The van der Waals surface area contributed by atoms with Crippen molar-refractivity contribution in [2.24, 2.45) is 4.99 Å². The molecule has 1 aromatic heterocycles. The van der Waals surface area contributed by atoms with Gasteiger partial charge >= 0.3 is 0 Å². The molecule has 2 aromatic rings. The van der Waals surface area contributed by atoms with Crippen molar-refractivity contribution >= 4 is 5.96 Å². The zero-order chi connectivity index (χ0) is 15.6. The quantitative estimate of drug-likeness (QED) is 0.484. The Morgan fingerprint density at radius 2 is 2.05 bits per heavy atom. The summed E-state index contributed by atoms with van der Waals surface area (Å²) in [5.41, 5.74) is 2.40. The fourth-order valence-corrected chi connectivity index (χ4v) is 1.99. The van der Waals surface area contributed by atoms with E-state index in [0.29, 0.717) is 13.1 Å². The van der Waals surface area contributed by atoms with Gasteiger partial charge in [0.05, 0.1) is 19.4 Å². The van der Waals surface area contributed by atoms with E-state index in [1.165, 1.54) is 5.56 Å². The maximum Gasteiger partial charge on any atom is 0.192 e. The molecule has 2 rings (SSSR count). The van der Waals surface area contributed by atoms with Crippen molar-refractivity contribution < 1.29 is 0 Å². The van der Waals surface area contributed by atoms with Gasteiger partial charge in [0.25, 0.3) is 0 Å². The van der Waals surface area contributed by atoms with Crippen molar-refractivity contribution in [2.45, 2.75) is 20.0 Å². The van der Waals surface area contributed by atoms with E-state index in [9.17, 15) is 0 Å². The van der Waals surface area contributed by atoms with Crippen LogP contribution < -0.4 is 10.6 Å². The zero-order valence-corrected chi connectivity index (χ0v) is 12.8. The second-order valence-corrected chi connectivity index (χ2v) is 4.80. The lowest BCUT2D eigenvalue weighted by Gasteiger charge is -2.09. The largest absolute Gasteiger partial charge is 0.357 e. The molecule has 0 unspecified atom stereocenters. The molecule has 0 saturated carbocycles. The SMILES string of the molecule is C#CCNC(=NCc1ccc(Cn2ccnc2)cc1)NCC. The average Bonchev–Trinajstić information content (AvgIpc) is 3.04. The van der Waals surface area contributed by atoms with E-state index in [1.807, 2.05) is 24.0 Å². The third-order valence-electron chi connectivity index (χ3n) is 3.07. The number of nitrogens with zero attached hydrogens (tertiary/aromatic N) is 3. The van der Waals surface area contributed by atoms with Crippen LogP contribution in [0.25, 0.3) is 0 Å². The first kappa shape index (κ1) is 15.6. The van der Waals surface area contributed by atoms with Crippen LogP contribution in [0.4, 0.5) is 0 Å². The fraction of sp³-hybridized carbons (Fsp3) is 0.294. The molecule has 2 N–H and O–H groups in total. The zero-order valence-electron chi connectivity index (χ0n) is 12.8. The van der Waals surface area contributed by atoms with Gasteiger partial charge in [-0.1, -0.05) is 30.2 Å². The molecule has 0 aliphatic rings. The van der Waals surface area contributed by atoms with Gasteiger partial charge in [0.1, 0.15) is 0 Å². The van der Waals surface area contributed by atoms with Gasteiger partial charge < -0.3 is 15.2 Å². The Labute approximate surface area is 131 Å². The summed E-state index contributed by atoms with van der Waals surface area (Å²) in [6, 6.07) is 8.43. The molecule has 5 heteroatoms. The molecular formula is C17H21N5. The minimum atomic E-state index is 0.468. The molecular weight excluding hydrogens is 274 g/mol. The molecule has 0 amide bonds. The van der Waals surface area contributed by atoms with Gasteiger partial charge in [-0.05, 0) is 18.1 Å². The second kappa shape index (κ2) is 8.53. The second-order valence-electron chi connectivity index (χ2n) is 4.80. The summed E-state index contributed by atoms with van der Waals surface area (Å²) in [5, 5.41) is 6.24. The minimum absolute atomic E-state index is 0.468. The maximum atomic E-state index is 5.25. The van der Waals surface area contributed by atoms with Crippen LogP contribution in [0.2, 0.25) is 0 Å². The standard InChI is InChI=1S/C17H21N5/c1-3-9-20-17(19-4-2)21-12-15-5-7-16(8-6-15)13-22-11-10-18-14-22/h1,5-8,10-11,14H,4,9,12-13H2,2H3,(H2,19,20,21). The molecule has 0 aliphatic carbocycles. The van der Waals surface area contributed by atoms with Crippen molar-refractivity contribution in [3.8, 4) is 12.3 Å². The van der Waals surface area contributed by atoms with Crippen LogP contribution >= 0.6 is 0 Å². The van der Waals surface area contributed by atoms with E-state index < -0.39 is 0 Å². The van der Waals surface area contributed by atoms with E-state index in [2.05, 4.69) is 50.8 Å². The number of hydrogen-bond acceptors (Lipinski definition) is 2. The lowest BCUT2D eigenvalue weighted by atomic mass is 10.1. The first-order valence-electron chi connectivity index (χ1n) is 7.31. The summed E-state index contributed by atoms with van der Waals surface area (Å²) in [6.07, 6.45) is 10.8. The molecule has 0 aliphatic heterocycles. The number of aromatic nitrogens is 2. The number of terminal acetylenes is 1. The molecule has 1 heterocycles. The van der Waals surface area contributed by atoms with E-state index in [4.69, 9.17) is 6.42 Å². The molecule has 0 spiro atoms. The van der Waals surface area contributed by atoms with Crippen LogP contribution in [0, 0.1) is 12.3 Å². The maximum absolute atomic E-state index is 5.25. The lowest BCUT2D eigenvalue weighted by Crippen LogP contribution is -2.37. The molecule has 0 radical (unpaired) electrons. The first-order chi connectivity index (χ1) is 10.8. The molecule has 0 bridgehead atoms. The predicted molar refractivity (Wildman–Crippen MR) is 89.4 cm³/mol.